The van der Waals surface area contributed by atoms with E-state index in [1.165, 1.54) is 13.1 Å². The lowest BCUT2D eigenvalue weighted by Crippen LogP contribution is -2.19. The Morgan fingerprint density at radius 1 is 1.30 bits per heavy atom. The van der Waals surface area contributed by atoms with E-state index in [4.69, 9.17) is 33.0 Å². The smallest absolute Gasteiger partial charge is 0.352 e. The number of rotatable bonds is 5. The molecule has 6 nitrogen and oxygen atoms in total. The molecule has 0 spiro atoms. The fourth-order valence-corrected chi connectivity index (χ4v) is 2.79. The molecule has 1 aromatic carbocycles. The predicted octanol–water partition coefficient (Wildman–Crippen LogP) is 3.52. The molecule has 1 heterocycles. The van der Waals surface area contributed by atoms with Gasteiger partial charge in [0.25, 0.3) is 5.91 Å². The normalized spacial score (nSPS) is 11.8. The molecule has 1 unspecified atom stereocenters. The minimum absolute atomic E-state index is 0.0138. The fraction of sp³-hybridized carbons (Fsp3) is 0.200. The van der Waals surface area contributed by atoms with Gasteiger partial charge in [-0.15, -0.1) is 0 Å². The van der Waals surface area contributed by atoms with Gasteiger partial charge in [-0.05, 0) is 19.1 Å². The summed E-state index contributed by atoms with van der Waals surface area (Å²) in [5, 5.41) is 12.3. The van der Waals surface area contributed by atoms with E-state index in [0.29, 0.717) is 15.6 Å². The molecule has 0 saturated carbocycles. The van der Waals surface area contributed by atoms with Gasteiger partial charge < -0.3 is 20.1 Å². The summed E-state index contributed by atoms with van der Waals surface area (Å²) >= 11 is 12.3. The summed E-state index contributed by atoms with van der Waals surface area (Å²) in [4.78, 5) is 25.5. The highest BCUT2D eigenvalue weighted by molar-refractivity contribution is 6.36. The fourth-order valence-electron chi connectivity index (χ4n) is 2.09. The monoisotopic (exact) mass is 356 g/mol. The first-order chi connectivity index (χ1) is 10.8. The van der Waals surface area contributed by atoms with Gasteiger partial charge in [0.1, 0.15) is 17.5 Å². The number of aromatic carboxylic acids is 1. The van der Waals surface area contributed by atoms with Gasteiger partial charge in [-0.2, -0.15) is 0 Å². The van der Waals surface area contributed by atoms with E-state index in [2.05, 4.69) is 10.3 Å². The Bertz CT molecular complexity index is 738. The van der Waals surface area contributed by atoms with Crippen molar-refractivity contribution in [3.63, 3.8) is 0 Å². The van der Waals surface area contributed by atoms with Crippen LogP contribution in [0.5, 0.6) is 5.75 Å². The molecule has 0 bridgehead atoms. The Balaban J connectivity index is 2.39. The SMILES string of the molecule is CNC(=O)c1[nH]c(C(=O)O)cc1OC(C)c1c(Cl)cccc1Cl. The minimum Gasteiger partial charge on any atom is -0.483 e. The van der Waals surface area contributed by atoms with Crippen LogP contribution < -0.4 is 10.1 Å². The topological polar surface area (TPSA) is 91.4 Å². The minimum atomic E-state index is -1.20. The number of halogens is 2. The highest BCUT2D eigenvalue weighted by Gasteiger charge is 2.22. The molecule has 3 N–H and O–H groups in total. The van der Waals surface area contributed by atoms with Crippen LogP contribution in [0.2, 0.25) is 10.0 Å². The van der Waals surface area contributed by atoms with E-state index in [9.17, 15) is 9.59 Å². The standard InChI is InChI=1S/C15H14Cl2N2O4/c1-7(12-8(16)4-3-5-9(12)17)23-11-6-10(15(21)22)19-13(11)14(20)18-2/h3-7,19H,1-2H3,(H,18,20)(H,21,22). The highest BCUT2D eigenvalue weighted by atomic mass is 35.5. The number of aromatic amines is 1. The van der Waals surface area contributed by atoms with Crippen molar-refractivity contribution in [3.8, 4) is 5.75 Å². The first kappa shape index (κ1) is 17.2. The zero-order valence-electron chi connectivity index (χ0n) is 12.3. The second kappa shape index (κ2) is 6.93. The Labute approximate surface area is 142 Å². The number of benzene rings is 1. The summed E-state index contributed by atoms with van der Waals surface area (Å²) in [7, 11) is 1.43. The second-order valence-corrected chi connectivity index (χ2v) is 5.52. The number of carboxylic acids is 1. The number of nitrogens with one attached hydrogen (secondary N) is 2. The molecule has 8 heteroatoms. The Hall–Kier alpha value is -2.18. The van der Waals surface area contributed by atoms with Crippen molar-refractivity contribution in [1.82, 2.24) is 10.3 Å². The van der Waals surface area contributed by atoms with Crippen LogP contribution in [0.25, 0.3) is 0 Å². The van der Waals surface area contributed by atoms with Crippen LogP contribution in [0.3, 0.4) is 0 Å². The molecule has 1 amide bonds. The second-order valence-electron chi connectivity index (χ2n) is 4.70. The summed E-state index contributed by atoms with van der Waals surface area (Å²) in [6.45, 7) is 1.70. The Kier molecular flexibility index (Phi) is 5.18. The van der Waals surface area contributed by atoms with Crippen LogP contribution in [0.1, 0.15) is 39.6 Å². The summed E-state index contributed by atoms with van der Waals surface area (Å²) in [5.41, 5.74) is 0.410. The van der Waals surface area contributed by atoms with Crippen molar-refractivity contribution in [2.75, 3.05) is 7.05 Å². The van der Waals surface area contributed by atoms with Gasteiger partial charge in [-0.1, -0.05) is 29.3 Å². The molecule has 0 radical (unpaired) electrons. The van der Waals surface area contributed by atoms with E-state index < -0.39 is 18.0 Å². The van der Waals surface area contributed by atoms with Gasteiger partial charge in [-0.25, -0.2) is 4.79 Å². The lowest BCUT2D eigenvalue weighted by molar-refractivity contribution is 0.0691. The first-order valence-corrected chi connectivity index (χ1v) is 7.39. The molecule has 23 heavy (non-hydrogen) atoms. The van der Waals surface area contributed by atoms with Crippen LogP contribution in [-0.4, -0.2) is 29.0 Å². The van der Waals surface area contributed by atoms with Crippen molar-refractivity contribution < 1.29 is 19.4 Å². The largest absolute Gasteiger partial charge is 0.483 e. The predicted molar refractivity (Wildman–Crippen MR) is 86.6 cm³/mol. The van der Waals surface area contributed by atoms with Crippen LogP contribution in [0, 0.1) is 0 Å². The lowest BCUT2D eigenvalue weighted by atomic mass is 10.1. The van der Waals surface area contributed by atoms with E-state index in [1.54, 1.807) is 25.1 Å². The number of aromatic nitrogens is 1. The summed E-state index contributed by atoms with van der Waals surface area (Å²) in [6.07, 6.45) is -0.586. The van der Waals surface area contributed by atoms with Gasteiger partial charge in [0.15, 0.2) is 5.75 Å². The van der Waals surface area contributed by atoms with Crippen molar-refractivity contribution >= 4 is 35.1 Å². The van der Waals surface area contributed by atoms with E-state index in [0.717, 1.165) is 0 Å². The number of carboxylic acid groups (broad SMARTS) is 1. The molecule has 1 atom stereocenters. The molecule has 2 aromatic rings. The summed E-state index contributed by atoms with van der Waals surface area (Å²) in [5.74, 6) is -1.59. The van der Waals surface area contributed by atoms with Crippen molar-refractivity contribution in [3.05, 3.63) is 51.3 Å². The maximum atomic E-state index is 11.9. The number of carbonyl (C=O) groups is 2. The molecule has 0 aliphatic carbocycles. The Morgan fingerprint density at radius 3 is 2.43 bits per heavy atom. The average Bonchev–Trinajstić information content (AvgIpc) is 2.90. The number of amides is 1. The van der Waals surface area contributed by atoms with E-state index >= 15 is 0 Å². The van der Waals surface area contributed by atoms with Crippen molar-refractivity contribution in [2.24, 2.45) is 0 Å². The van der Waals surface area contributed by atoms with Crippen LogP contribution in [-0.2, 0) is 0 Å². The maximum Gasteiger partial charge on any atom is 0.352 e. The lowest BCUT2D eigenvalue weighted by Gasteiger charge is -2.17. The maximum absolute atomic E-state index is 11.9. The molecule has 2 rings (SSSR count). The van der Waals surface area contributed by atoms with Gasteiger partial charge >= 0.3 is 5.97 Å². The van der Waals surface area contributed by atoms with Gasteiger partial charge in [-0.3, -0.25) is 4.79 Å². The molecule has 0 saturated heterocycles. The molecular formula is C15H14Cl2N2O4. The average molecular weight is 357 g/mol. The van der Waals surface area contributed by atoms with Crippen molar-refractivity contribution in [1.29, 1.82) is 0 Å². The van der Waals surface area contributed by atoms with E-state index in [-0.39, 0.29) is 17.1 Å². The third-order valence-corrected chi connectivity index (χ3v) is 3.84. The third kappa shape index (κ3) is 3.60. The van der Waals surface area contributed by atoms with Crippen LogP contribution in [0.4, 0.5) is 0 Å². The third-order valence-electron chi connectivity index (χ3n) is 3.18. The van der Waals surface area contributed by atoms with Gasteiger partial charge in [0.05, 0.1) is 0 Å². The zero-order valence-corrected chi connectivity index (χ0v) is 13.8. The number of hydrogen-bond donors (Lipinski definition) is 3. The summed E-state index contributed by atoms with van der Waals surface area (Å²) < 4.78 is 5.72. The number of carbonyl (C=O) groups excluding carboxylic acids is 1. The first-order valence-electron chi connectivity index (χ1n) is 6.64. The molecule has 0 aliphatic heterocycles. The van der Waals surface area contributed by atoms with Gasteiger partial charge in [0.2, 0.25) is 0 Å². The zero-order chi connectivity index (χ0) is 17.1. The Morgan fingerprint density at radius 2 is 1.91 bits per heavy atom. The van der Waals surface area contributed by atoms with Crippen LogP contribution in [0.15, 0.2) is 24.3 Å². The van der Waals surface area contributed by atoms with Crippen LogP contribution >= 0.6 is 23.2 Å². The number of H-pyrrole nitrogens is 1. The van der Waals surface area contributed by atoms with E-state index in [1.807, 2.05) is 0 Å². The number of hydrogen-bond acceptors (Lipinski definition) is 3. The molecule has 0 fully saturated rings. The molecular weight excluding hydrogens is 343 g/mol. The molecule has 0 aliphatic rings. The molecule has 122 valence electrons. The van der Waals surface area contributed by atoms with Crippen molar-refractivity contribution in [2.45, 2.75) is 13.0 Å². The highest BCUT2D eigenvalue weighted by Crippen LogP contribution is 2.34. The number of ether oxygens (including phenoxy) is 1. The quantitative estimate of drug-likeness (QED) is 0.764. The van der Waals surface area contributed by atoms with Gasteiger partial charge in [0, 0.05) is 28.7 Å². The summed E-state index contributed by atoms with van der Waals surface area (Å²) in [6, 6.07) is 6.29. The molecule has 1 aromatic heterocycles.